The van der Waals surface area contributed by atoms with Crippen LogP contribution in [0.25, 0.3) is 0 Å². The number of rotatable bonds is 14. The van der Waals surface area contributed by atoms with Crippen LogP contribution in [-0.4, -0.2) is 60.3 Å². The highest BCUT2D eigenvalue weighted by Crippen LogP contribution is 2.23. The molecule has 0 aliphatic heterocycles. The summed E-state index contributed by atoms with van der Waals surface area (Å²) in [6.45, 7) is 9.60. The fourth-order valence-electron chi connectivity index (χ4n) is 3.71. The van der Waals surface area contributed by atoms with Gasteiger partial charge in [0.05, 0.1) is 24.6 Å². The van der Waals surface area contributed by atoms with E-state index in [0.29, 0.717) is 37.3 Å². The highest BCUT2D eigenvalue weighted by Gasteiger charge is 2.37. The quantitative estimate of drug-likeness (QED) is 0.223. The fraction of sp³-hybridized carbons (Fsp3) is 0.640. The second kappa shape index (κ2) is 14.0. The SMILES string of the molecule is CCC(COC)NC(=O)[C@@H](NC(=O)[C@H](CCCc1ccccc1)[C@H](C)N(O)C=O)C(C)(C)C. The van der Waals surface area contributed by atoms with Crippen molar-refractivity contribution >= 4 is 18.2 Å². The lowest BCUT2D eigenvalue weighted by atomic mass is 9.84. The first-order valence-corrected chi connectivity index (χ1v) is 11.6. The van der Waals surface area contributed by atoms with Crippen LogP contribution in [0.15, 0.2) is 30.3 Å². The predicted molar refractivity (Wildman–Crippen MR) is 128 cm³/mol. The molecule has 33 heavy (non-hydrogen) atoms. The van der Waals surface area contributed by atoms with Gasteiger partial charge in [-0.25, -0.2) is 5.06 Å². The van der Waals surface area contributed by atoms with E-state index in [1.54, 1.807) is 14.0 Å². The normalized spacial score (nSPS) is 15.1. The lowest BCUT2D eigenvalue weighted by Gasteiger charge is -2.34. The molecule has 0 saturated heterocycles. The maximum atomic E-state index is 13.3. The van der Waals surface area contributed by atoms with Crippen molar-refractivity contribution in [3.05, 3.63) is 35.9 Å². The van der Waals surface area contributed by atoms with Gasteiger partial charge in [0, 0.05) is 7.11 Å². The molecule has 3 N–H and O–H groups in total. The minimum atomic E-state index is -0.789. The molecule has 8 nitrogen and oxygen atoms in total. The van der Waals surface area contributed by atoms with Gasteiger partial charge in [-0.15, -0.1) is 0 Å². The van der Waals surface area contributed by atoms with Crippen molar-refractivity contribution in [1.29, 1.82) is 0 Å². The number of carbonyl (C=O) groups excluding carboxylic acids is 3. The minimum Gasteiger partial charge on any atom is -0.383 e. The van der Waals surface area contributed by atoms with Gasteiger partial charge >= 0.3 is 0 Å². The highest BCUT2D eigenvalue weighted by atomic mass is 16.5. The third-order valence-electron chi connectivity index (χ3n) is 5.89. The van der Waals surface area contributed by atoms with Crippen LogP contribution >= 0.6 is 0 Å². The molecule has 1 aromatic carbocycles. The zero-order valence-corrected chi connectivity index (χ0v) is 20.8. The molecule has 1 unspecified atom stereocenters. The van der Waals surface area contributed by atoms with Crippen LogP contribution in [-0.2, 0) is 25.5 Å². The summed E-state index contributed by atoms with van der Waals surface area (Å²) in [6, 6.07) is 8.23. The van der Waals surface area contributed by atoms with Crippen LogP contribution in [0.1, 0.15) is 59.4 Å². The Kier molecular flexibility index (Phi) is 12.1. The number of aryl methyl sites for hydroxylation is 1. The lowest BCUT2D eigenvalue weighted by Crippen LogP contribution is -2.58. The van der Waals surface area contributed by atoms with Gasteiger partial charge in [-0.1, -0.05) is 58.0 Å². The van der Waals surface area contributed by atoms with Gasteiger partial charge in [-0.05, 0) is 43.6 Å². The number of amides is 3. The number of ether oxygens (including phenoxy) is 1. The van der Waals surface area contributed by atoms with Gasteiger partial charge in [0.2, 0.25) is 18.2 Å². The Morgan fingerprint density at radius 2 is 1.79 bits per heavy atom. The molecule has 0 radical (unpaired) electrons. The molecule has 0 aliphatic rings. The molecule has 0 spiro atoms. The van der Waals surface area contributed by atoms with E-state index in [-0.39, 0.29) is 17.9 Å². The van der Waals surface area contributed by atoms with Crippen molar-refractivity contribution in [2.24, 2.45) is 11.3 Å². The Morgan fingerprint density at radius 1 is 1.15 bits per heavy atom. The molecule has 1 aromatic rings. The minimum absolute atomic E-state index is 0.159. The maximum absolute atomic E-state index is 13.3. The van der Waals surface area contributed by atoms with E-state index >= 15 is 0 Å². The number of benzene rings is 1. The fourth-order valence-corrected chi connectivity index (χ4v) is 3.71. The Bertz CT molecular complexity index is 735. The molecule has 0 aliphatic carbocycles. The van der Waals surface area contributed by atoms with E-state index < -0.39 is 23.4 Å². The summed E-state index contributed by atoms with van der Waals surface area (Å²) in [5, 5.41) is 16.3. The number of nitrogens with one attached hydrogen (secondary N) is 2. The van der Waals surface area contributed by atoms with Crippen molar-refractivity contribution in [3.63, 3.8) is 0 Å². The summed E-state index contributed by atoms with van der Waals surface area (Å²) in [5.74, 6) is -1.33. The van der Waals surface area contributed by atoms with E-state index in [9.17, 15) is 19.6 Å². The molecule has 8 heteroatoms. The van der Waals surface area contributed by atoms with E-state index in [4.69, 9.17) is 4.74 Å². The summed E-state index contributed by atoms with van der Waals surface area (Å²) >= 11 is 0. The Balaban J connectivity index is 2.98. The number of hydrogen-bond acceptors (Lipinski definition) is 5. The summed E-state index contributed by atoms with van der Waals surface area (Å²) in [7, 11) is 1.58. The second-order valence-electron chi connectivity index (χ2n) is 9.59. The van der Waals surface area contributed by atoms with Gasteiger partial charge in [0.15, 0.2) is 0 Å². The average molecular weight is 464 g/mol. The number of carbonyl (C=O) groups is 3. The van der Waals surface area contributed by atoms with Crippen molar-refractivity contribution in [1.82, 2.24) is 15.7 Å². The standard InChI is InChI=1S/C25H41N3O5/c1-7-20(16-33-6)26-24(31)22(25(3,4)5)27-23(30)21(18(2)28(32)17-29)15-11-14-19-12-9-8-10-13-19/h8-10,12-13,17-18,20-22,32H,7,11,14-16H2,1-6H3,(H,26,31)(H,27,30)/t18-,20?,21+,22+/m0/s1. The summed E-state index contributed by atoms with van der Waals surface area (Å²) in [4.78, 5) is 37.5. The van der Waals surface area contributed by atoms with Crippen molar-refractivity contribution in [2.45, 2.75) is 78.4 Å². The molecular formula is C25H41N3O5. The van der Waals surface area contributed by atoms with Gasteiger partial charge in [0.1, 0.15) is 6.04 Å². The lowest BCUT2D eigenvalue weighted by molar-refractivity contribution is -0.166. The van der Waals surface area contributed by atoms with E-state index in [2.05, 4.69) is 10.6 Å². The van der Waals surface area contributed by atoms with Crippen molar-refractivity contribution in [2.75, 3.05) is 13.7 Å². The molecule has 0 heterocycles. The zero-order valence-electron chi connectivity index (χ0n) is 20.8. The van der Waals surface area contributed by atoms with E-state index in [1.165, 1.54) is 0 Å². The Hall–Kier alpha value is -2.45. The maximum Gasteiger partial charge on any atom is 0.243 e. The van der Waals surface area contributed by atoms with Crippen LogP contribution in [0.2, 0.25) is 0 Å². The third-order valence-corrected chi connectivity index (χ3v) is 5.89. The molecule has 0 aromatic heterocycles. The smallest absolute Gasteiger partial charge is 0.243 e. The monoisotopic (exact) mass is 463 g/mol. The summed E-state index contributed by atoms with van der Waals surface area (Å²) in [6.07, 6.45) is 2.90. The predicted octanol–water partition coefficient (Wildman–Crippen LogP) is 2.93. The van der Waals surface area contributed by atoms with Crippen molar-refractivity contribution in [3.8, 4) is 0 Å². The van der Waals surface area contributed by atoms with Gasteiger partial charge in [-0.2, -0.15) is 0 Å². The number of methoxy groups -OCH3 is 1. The summed E-state index contributed by atoms with van der Waals surface area (Å²) < 4.78 is 5.16. The molecule has 0 saturated carbocycles. The molecule has 0 fully saturated rings. The van der Waals surface area contributed by atoms with Crippen molar-refractivity contribution < 1.29 is 24.3 Å². The van der Waals surface area contributed by atoms with Crippen LogP contribution in [0, 0.1) is 11.3 Å². The highest BCUT2D eigenvalue weighted by molar-refractivity contribution is 5.89. The molecule has 186 valence electrons. The summed E-state index contributed by atoms with van der Waals surface area (Å²) in [5.41, 5.74) is 0.600. The average Bonchev–Trinajstić information content (AvgIpc) is 2.78. The van der Waals surface area contributed by atoms with Gasteiger partial charge in [-0.3, -0.25) is 19.6 Å². The first-order valence-electron chi connectivity index (χ1n) is 11.6. The number of nitrogens with zero attached hydrogens (tertiary/aromatic N) is 1. The molecular weight excluding hydrogens is 422 g/mol. The van der Waals surface area contributed by atoms with Crippen LogP contribution in [0.4, 0.5) is 0 Å². The second-order valence-corrected chi connectivity index (χ2v) is 9.59. The van der Waals surface area contributed by atoms with Gasteiger partial charge < -0.3 is 15.4 Å². The number of hydrogen-bond donors (Lipinski definition) is 3. The first-order chi connectivity index (χ1) is 15.5. The van der Waals surface area contributed by atoms with Gasteiger partial charge in [0.25, 0.3) is 0 Å². The van der Waals surface area contributed by atoms with Crippen LogP contribution in [0.5, 0.6) is 0 Å². The Labute approximate surface area is 198 Å². The topological polar surface area (TPSA) is 108 Å². The molecule has 0 bridgehead atoms. The largest absolute Gasteiger partial charge is 0.383 e. The molecule has 4 atom stereocenters. The zero-order chi connectivity index (χ0) is 25.0. The van der Waals surface area contributed by atoms with Crippen LogP contribution < -0.4 is 10.6 Å². The van der Waals surface area contributed by atoms with E-state index in [0.717, 1.165) is 12.0 Å². The Morgan fingerprint density at radius 3 is 2.30 bits per heavy atom. The van der Waals surface area contributed by atoms with Crippen LogP contribution in [0.3, 0.4) is 0 Å². The molecule has 3 amide bonds. The molecule has 1 rings (SSSR count). The first kappa shape index (κ1) is 28.6. The number of hydroxylamine groups is 2. The van der Waals surface area contributed by atoms with E-state index in [1.807, 2.05) is 58.0 Å². The third kappa shape index (κ3) is 9.52.